The standard InChI is InChI=1S/C23H20FN3O3/c1-13-4-3-9-27(13)22-21(20-11-14-5-7-16(24)12-19(14)30-20)25-17-8-6-15(23(28)29-2)10-18(17)26-22/h5-8,10-13H,3-4,9H2,1-2H3/t13-/m0/s1. The van der Waals surface area contributed by atoms with Crippen molar-refractivity contribution in [3.63, 3.8) is 0 Å². The average molecular weight is 405 g/mol. The lowest BCUT2D eigenvalue weighted by Gasteiger charge is -2.24. The predicted octanol–water partition coefficient (Wildman–Crippen LogP) is 4.96. The summed E-state index contributed by atoms with van der Waals surface area (Å²) in [6.45, 7) is 3.02. The molecule has 1 aliphatic heterocycles. The number of benzene rings is 2. The Morgan fingerprint density at radius 3 is 2.80 bits per heavy atom. The molecule has 152 valence electrons. The van der Waals surface area contributed by atoms with Crippen molar-refractivity contribution in [2.24, 2.45) is 0 Å². The molecule has 6 nitrogen and oxygen atoms in total. The molecule has 0 N–H and O–H groups in total. The molecule has 1 fully saturated rings. The Balaban J connectivity index is 1.72. The van der Waals surface area contributed by atoms with Gasteiger partial charge in [-0.15, -0.1) is 0 Å². The maximum absolute atomic E-state index is 13.6. The lowest BCUT2D eigenvalue weighted by Crippen LogP contribution is -2.28. The van der Waals surface area contributed by atoms with Crippen LogP contribution in [0.5, 0.6) is 0 Å². The van der Waals surface area contributed by atoms with Gasteiger partial charge in [-0.25, -0.2) is 19.2 Å². The highest BCUT2D eigenvalue weighted by Gasteiger charge is 2.27. The van der Waals surface area contributed by atoms with E-state index in [0.717, 1.165) is 24.8 Å². The normalized spacial score (nSPS) is 16.5. The van der Waals surface area contributed by atoms with E-state index in [1.165, 1.54) is 19.2 Å². The fourth-order valence-electron chi connectivity index (χ4n) is 4.02. The molecule has 5 rings (SSSR count). The van der Waals surface area contributed by atoms with Crippen LogP contribution in [0.2, 0.25) is 0 Å². The molecule has 7 heteroatoms. The molecular weight excluding hydrogens is 385 g/mol. The van der Waals surface area contributed by atoms with Gasteiger partial charge in [0.05, 0.1) is 23.7 Å². The molecule has 0 saturated carbocycles. The van der Waals surface area contributed by atoms with Crippen LogP contribution in [0.25, 0.3) is 33.5 Å². The molecule has 0 aliphatic carbocycles. The van der Waals surface area contributed by atoms with Crippen LogP contribution in [0.15, 0.2) is 46.9 Å². The molecule has 1 atom stereocenters. The van der Waals surface area contributed by atoms with E-state index in [1.807, 2.05) is 6.07 Å². The molecule has 1 saturated heterocycles. The van der Waals surface area contributed by atoms with E-state index in [1.54, 1.807) is 24.3 Å². The number of aromatic nitrogens is 2. The van der Waals surface area contributed by atoms with Crippen molar-refractivity contribution in [2.75, 3.05) is 18.6 Å². The van der Waals surface area contributed by atoms with Crippen molar-refractivity contribution in [3.05, 3.63) is 53.8 Å². The fraction of sp³-hybridized carbons (Fsp3) is 0.261. The topological polar surface area (TPSA) is 68.5 Å². The molecule has 0 bridgehead atoms. The molecule has 3 heterocycles. The van der Waals surface area contributed by atoms with Gasteiger partial charge in [-0.2, -0.15) is 0 Å². The van der Waals surface area contributed by atoms with E-state index >= 15 is 0 Å². The minimum absolute atomic E-state index is 0.307. The number of esters is 1. The first kappa shape index (κ1) is 18.5. The largest absolute Gasteiger partial charge is 0.465 e. The number of nitrogens with zero attached hydrogens (tertiary/aromatic N) is 3. The van der Waals surface area contributed by atoms with Gasteiger partial charge in [0.25, 0.3) is 0 Å². The van der Waals surface area contributed by atoms with Crippen LogP contribution in [0, 0.1) is 5.82 Å². The average Bonchev–Trinajstić information content (AvgIpc) is 3.37. The first-order valence-corrected chi connectivity index (χ1v) is 9.90. The van der Waals surface area contributed by atoms with E-state index < -0.39 is 5.97 Å². The van der Waals surface area contributed by atoms with Crippen molar-refractivity contribution >= 4 is 33.8 Å². The second-order valence-corrected chi connectivity index (χ2v) is 7.57. The summed E-state index contributed by atoms with van der Waals surface area (Å²) in [4.78, 5) is 23.8. The molecule has 0 amide bonds. The second kappa shape index (κ2) is 7.09. The number of methoxy groups -OCH3 is 1. The van der Waals surface area contributed by atoms with Crippen LogP contribution in [-0.2, 0) is 4.74 Å². The Bertz CT molecular complexity index is 1280. The number of hydrogen-bond acceptors (Lipinski definition) is 6. The zero-order valence-electron chi connectivity index (χ0n) is 16.7. The van der Waals surface area contributed by atoms with Gasteiger partial charge in [-0.05, 0) is 56.2 Å². The first-order valence-electron chi connectivity index (χ1n) is 9.90. The van der Waals surface area contributed by atoms with Gasteiger partial charge in [0.15, 0.2) is 11.6 Å². The lowest BCUT2D eigenvalue weighted by atomic mass is 10.1. The predicted molar refractivity (Wildman–Crippen MR) is 112 cm³/mol. The lowest BCUT2D eigenvalue weighted by molar-refractivity contribution is 0.0601. The Hall–Kier alpha value is -3.48. The van der Waals surface area contributed by atoms with E-state index in [9.17, 15) is 9.18 Å². The molecule has 4 aromatic rings. The smallest absolute Gasteiger partial charge is 0.337 e. The third-order valence-electron chi connectivity index (χ3n) is 5.61. The Kier molecular flexibility index (Phi) is 4.38. The van der Waals surface area contributed by atoms with Gasteiger partial charge in [0.2, 0.25) is 0 Å². The number of carbonyl (C=O) groups excluding carboxylic acids is 1. The second-order valence-electron chi connectivity index (χ2n) is 7.57. The maximum atomic E-state index is 13.6. The van der Waals surface area contributed by atoms with Crippen molar-refractivity contribution in [1.29, 1.82) is 0 Å². The SMILES string of the molecule is COC(=O)c1ccc2nc(-c3cc4ccc(F)cc4o3)c(N3CCC[C@@H]3C)nc2c1. The summed E-state index contributed by atoms with van der Waals surface area (Å²) < 4.78 is 24.4. The summed E-state index contributed by atoms with van der Waals surface area (Å²) in [6, 6.07) is 11.7. The number of rotatable bonds is 3. The molecule has 0 radical (unpaired) electrons. The molecule has 30 heavy (non-hydrogen) atoms. The number of ether oxygens (including phenoxy) is 1. The number of furan rings is 1. The van der Waals surface area contributed by atoms with Gasteiger partial charge >= 0.3 is 5.97 Å². The minimum Gasteiger partial charge on any atom is -0.465 e. The van der Waals surface area contributed by atoms with Crippen LogP contribution in [0.1, 0.15) is 30.1 Å². The summed E-state index contributed by atoms with van der Waals surface area (Å²) in [7, 11) is 1.35. The van der Waals surface area contributed by atoms with Crippen LogP contribution in [-0.4, -0.2) is 35.6 Å². The van der Waals surface area contributed by atoms with Crippen LogP contribution < -0.4 is 4.90 Å². The van der Waals surface area contributed by atoms with Crippen molar-refractivity contribution in [3.8, 4) is 11.5 Å². The number of hydrogen-bond donors (Lipinski definition) is 0. The monoisotopic (exact) mass is 405 g/mol. The maximum Gasteiger partial charge on any atom is 0.337 e. The Morgan fingerprint density at radius 2 is 2.03 bits per heavy atom. The van der Waals surface area contributed by atoms with E-state index in [0.29, 0.717) is 45.5 Å². The quantitative estimate of drug-likeness (QED) is 0.449. The van der Waals surface area contributed by atoms with Crippen LogP contribution in [0.3, 0.4) is 0 Å². The van der Waals surface area contributed by atoms with Gasteiger partial charge < -0.3 is 14.1 Å². The van der Waals surface area contributed by atoms with Crippen LogP contribution in [0.4, 0.5) is 10.2 Å². The molecule has 0 spiro atoms. The summed E-state index contributed by atoms with van der Waals surface area (Å²) in [5.74, 6) is 0.472. The number of carbonyl (C=O) groups is 1. The first-order chi connectivity index (χ1) is 14.5. The number of anilines is 1. The molecular formula is C23H20FN3O3. The van der Waals surface area contributed by atoms with Gasteiger partial charge in [0, 0.05) is 24.0 Å². The zero-order valence-corrected chi connectivity index (χ0v) is 16.7. The molecule has 2 aromatic carbocycles. The minimum atomic E-state index is -0.418. The highest BCUT2D eigenvalue weighted by Crippen LogP contribution is 2.36. The summed E-state index contributed by atoms with van der Waals surface area (Å²) in [6.07, 6.45) is 2.13. The van der Waals surface area contributed by atoms with Gasteiger partial charge in [0.1, 0.15) is 17.1 Å². The summed E-state index contributed by atoms with van der Waals surface area (Å²) in [5.41, 5.74) is 2.75. The van der Waals surface area contributed by atoms with Crippen molar-refractivity contribution in [1.82, 2.24) is 9.97 Å². The molecule has 0 unspecified atom stereocenters. The van der Waals surface area contributed by atoms with E-state index in [2.05, 4.69) is 11.8 Å². The van der Waals surface area contributed by atoms with E-state index in [-0.39, 0.29) is 5.82 Å². The Labute approximate surface area is 172 Å². The molecule has 2 aromatic heterocycles. The summed E-state index contributed by atoms with van der Waals surface area (Å²) >= 11 is 0. The molecule has 1 aliphatic rings. The van der Waals surface area contributed by atoms with Crippen LogP contribution >= 0.6 is 0 Å². The van der Waals surface area contributed by atoms with Gasteiger partial charge in [-0.1, -0.05) is 0 Å². The van der Waals surface area contributed by atoms with Crippen molar-refractivity contribution in [2.45, 2.75) is 25.8 Å². The summed E-state index contributed by atoms with van der Waals surface area (Å²) in [5, 5.41) is 0.801. The third kappa shape index (κ3) is 3.07. The third-order valence-corrected chi connectivity index (χ3v) is 5.61. The fourth-order valence-corrected chi connectivity index (χ4v) is 4.02. The van der Waals surface area contributed by atoms with E-state index in [4.69, 9.17) is 19.1 Å². The highest BCUT2D eigenvalue weighted by atomic mass is 19.1. The highest BCUT2D eigenvalue weighted by molar-refractivity contribution is 5.94. The number of halogens is 1. The van der Waals surface area contributed by atoms with Gasteiger partial charge in [-0.3, -0.25) is 0 Å². The van der Waals surface area contributed by atoms with Crippen molar-refractivity contribution < 1.29 is 18.3 Å². The zero-order chi connectivity index (χ0) is 20.8. The Morgan fingerprint density at radius 1 is 1.17 bits per heavy atom. The number of fused-ring (bicyclic) bond motifs is 2.